The number of amides is 1. The van der Waals surface area contributed by atoms with Crippen LogP contribution in [0.1, 0.15) is 31.1 Å². The quantitative estimate of drug-likeness (QED) is 0.506. The maximum absolute atomic E-state index is 11.8. The molecule has 0 saturated heterocycles. The van der Waals surface area contributed by atoms with E-state index in [1.54, 1.807) is 43.8 Å². The Hall–Kier alpha value is -3.36. The van der Waals surface area contributed by atoms with E-state index in [0.717, 1.165) is 7.11 Å². The molecule has 26 heavy (non-hydrogen) atoms. The van der Waals surface area contributed by atoms with E-state index in [-0.39, 0.29) is 11.3 Å². The van der Waals surface area contributed by atoms with Crippen LogP contribution in [0.25, 0.3) is 5.69 Å². The molecule has 2 rings (SSSR count). The van der Waals surface area contributed by atoms with Gasteiger partial charge in [-0.2, -0.15) is 0 Å². The smallest absolute Gasteiger partial charge is 0.412 e. The Morgan fingerprint density at radius 3 is 2.50 bits per heavy atom. The number of hydrogen-bond acceptors (Lipinski definition) is 6. The molecule has 1 aromatic heterocycles. The second-order valence-corrected chi connectivity index (χ2v) is 6.38. The van der Waals surface area contributed by atoms with Crippen LogP contribution in [-0.2, 0) is 9.47 Å². The van der Waals surface area contributed by atoms with Crippen molar-refractivity contribution in [2.75, 3.05) is 12.4 Å². The van der Waals surface area contributed by atoms with E-state index in [2.05, 4.69) is 10.1 Å². The molecule has 1 N–H and O–H groups in total. The number of nitrogens with zero attached hydrogens (tertiary/aromatic N) is 2. The predicted octanol–water partition coefficient (Wildman–Crippen LogP) is 3.52. The van der Waals surface area contributed by atoms with Crippen LogP contribution >= 0.6 is 0 Å². The van der Waals surface area contributed by atoms with E-state index >= 15 is 0 Å². The maximum Gasteiger partial charge on any atom is 0.412 e. The Morgan fingerprint density at radius 2 is 1.92 bits per heavy atom. The second kappa shape index (κ2) is 7.26. The zero-order valence-corrected chi connectivity index (χ0v) is 14.8. The van der Waals surface area contributed by atoms with Gasteiger partial charge in [-0.3, -0.25) is 15.4 Å². The number of nitrogens with one attached hydrogen (secondary N) is 1. The molecule has 0 bridgehead atoms. The first-order valence-corrected chi connectivity index (χ1v) is 7.66. The minimum atomic E-state index is -0.789. The molecule has 9 heteroatoms. The van der Waals surface area contributed by atoms with Gasteiger partial charge in [-0.15, -0.1) is 0 Å². The van der Waals surface area contributed by atoms with Gasteiger partial charge < -0.3 is 14.0 Å². The lowest BCUT2D eigenvalue weighted by molar-refractivity contribution is -0.385. The number of methoxy groups -OCH3 is 1. The van der Waals surface area contributed by atoms with Gasteiger partial charge in [0.25, 0.3) is 5.69 Å². The van der Waals surface area contributed by atoms with Crippen LogP contribution in [-0.4, -0.2) is 34.3 Å². The summed E-state index contributed by atoms with van der Waals surface area (Å²) in [6.45, 7) is 5.25. The number of carbonyl (C=O) groups is 2. The first-order valence-electron chi connectivity index (χ1n) is 7.66. The molecule has 1 amide bonds. The van der Waals surface area contributed by atoms with Gasteiger partial charge >= 0.3 is 12.1 Å². The maximum atomic E-state index is 11.8. The van der Waals surface area contributed by atoms with E-state index in [9.17, 15) is 19.7 Å². The Bertz CT molecular complexity index is 850. The first kappa shape index (κ1) is 19.0. The van der Waals surface area contributed by atoms with Gasteiger partial charge in [0.15, 0.2) is 0 Å². The summed E-state index contributed by atoms with van der Waals surface area (Å²) < 4.78 is 11.3. The van der Waals surface area contributed by atoms with Gasteiger partial charge in [0.2, 0.25) is 0 Å². The van der Waals surface area contributed by atoms with E-state index in [0.29, 0.717) is 11.4 Å². The van der Waals surface area contributed by atoms with Gasteiger partial charge in [-0.25, -0.2) is 9.59 Å². The molecular formula is C17H19N3O6. The predicted molar refractivity (Wildman–Crippen MR) is 93.6 cm³/mol. The fraction of sp³-hybridized carbons (Fsp3) is 0.294. The summed E-state index contributed by atoms with van der Waals surface area (Å²) in [6, 6.07) is 5.73. The van der Waals surface area contributed by atoms with Crippen molar-refractivity contribution in [1.29, 1.82) is 0 Å². The number of ether oxygens (including phenoxy) is 2. The van der Waals surface area contributed by atoms with Gasteiger partial charge in [-0.1, -0.05) is 0 Å². The molecule has 1 aromatic carbocycles. The molecular weight excluding hydrogens is 342 g/mol. The largest absolute Gasteiger partial charge is 0.465 e. The molecule has 0 fully saturated rings. The molecule has 0 radical (unpaired) electrons. The molecule has 0 unspecified atom stereocenters. The van der Waals surface area contributed by atoms with E-state index in [1.807, 2.05) is 0 Å². The van der Waals surface area contributed by atoms with Gasteiger partial charge in [0, 0.05) is 18.5 Å². The molecule has 0 aliphatic carbocycles. The molecule has 0 saturated carbocycles. The van der Waals surface area contributed by atoms with Crippen LogP contribution in [0.3, 0.4) is 0 Å². The third kappa shape index (κ3) is 4.59. The minimum absolute atomic E-state index is 0.138. The number of aromatic nitrogens is 1. The molecule has 2 aromatic rings. The number of hydrogen-bond donors (Lipinski definition) is 1. The summed E-state index contributed by atoms with van der Waals surface area (Å²) in [5, 5.41) is 13.8. The van der Waals surface area contributed by atoms with E-state index in [4.69, 9.17) is 4.74 Å². The summed E-state index contributed by atoms with van der Waals surface area (Å²) in [7, 11) is 1.15. The number of nitro groups is 1. The number of carbonyl (C=O) groups excluding carboxylic acids is 2. The van der Waals surface area contributed by atoms with Crippen LogP contribution in [0.2, 0.25) is 0 Å². The second-order valence-electron chi connectivity index (χ2n) is 6.38. The van der Waals surface area contributed by atoms with Crippen molar-refractivity contribution in [2.24, 2.45) is 0 Å². The zero-order chi connectivity index (χ0) is 19.5. The van der Waals surface area contributed by atoms with Gasteiger partial charge in [0.05, 0.1) is 23.4 Å². The Balaban J connectivity index is 2.26. The molecule has 0 aliphatic heterocycles. The summed E-state index contributed by atoms with van der Waals surface area (Å²) >= 11 is 0. The third-order valence-corrected chi connectivity index (χ3v) is 3.22. The normalized spacial score (nSPS) is 10.9. The van der Waals surface area contributed by atoms with Gasteiger partial charge in [0.1, 0.15) is 11.2 Å². The monoisotopic (exact) mass is 361 g/mol. The van der Waals surface area contributed by atoms with Crippen LogP contribution in [0, 0.1) is 10.1 Å². The highest BCUT2D eigenvalue weighted by Gasteiger charge is 2.22. The van der Waals surface area contributed by atoms with Crippen LogP contribution in [0.5, 0.6) is 0 Å². The average Bonchev–Trinajstić information content (AvgIpc) is 2.99. The van der Waals surface area contributed by atoms with Crippen LogP contribution in [0.4, 0.5) is 16.2 Å². The van der Waals surface area contributed by atoms with Crippen LogP contribution < -0.4 is 5.32 Å². The van der Waals surface area contributed by atoms with Gasteiger partial charge in [-0.05, 0) is 39.0 Å². The minimum Gasteiger partial charge on any atom is -0.465 e. The van der Waals surface area contributed by atoms with E-state index in [1.165, 1.54) is 18.2 Å². The van der Waals surface area contributed by atoms with Crippen molar-refractivity contribution in [3.63, 3.8) is 0 Å². The standard InChI is InChI=1S/C17H19N3O6/c1-17(2,3)26-16(22)18-11-7-8-19(10-11)12-5-6-13(15(21)25-4)14(9-12)20(23)24/h5-10H,1-4H3,(H,18,22). The molecule has 138 valence electrons. The SMILES string of the molecule is COC(=O)c1ccc(-n2ccc(NC(=O)OC(C)(C)C)c2)cc1[N+](=O)[O-]. The molecule has 1 heterocycles. The summed E-state index contributed by atoms with van der Waals surface area (Å²) in [4.78, 5) is 34.0. The highest BCUT2D eigenvalue weighted by atomic mass is 16.6. The highest BCUT2D eigenvalue weighted by molar-refractivity contribution is 5.94. The highest BCUT2D eigenvalue weighted by Crippen LogP contribution is 2.24. The van der Waals surface area contributed by atoms with Crippen molar-refractivity contribution >= 4 is 23.4 Å². The summed E-state index contributed by atoms with van der Waals surface area (Å²) in [5.41, 5.74) is -0.234. The topological polar surface area (TPSA) is 113 Å². The lowest BCUT2D eigenvalue weighted by Gasteiger charge is -2.19. The number of nitro benzene ring substituents is 1. The fourth-order valence-electron chi connectivity index (χ4n) is 2.17. The van der Waals surface area contributed by atoms with E-state index < -0.39 is 22.6 Å². The number of rotatable bonds is 4. The zero-order valence-electron chi connectivity index (χ0n) is 14.8. The Labute approximate surface area is 149 Å². The lowest BCUT2D eigenvalue weighted by Crippen LogP contribution is -2.27. The Morgan fingerprint density at radius 1 is 1.23 bits per heavy atom. The third-order valence-electron chi connectivity index (χ3n) is 3.22. The van der Waals surface area contributed by atoms with Crippen molar-refractivity contribution in [2.45, 2.75) is 26.4 Å². The van der Waals surface area contributed by atoms with Crippen LogP contribution in [0.15, 0.2) is 36.7 Å². The molecule has 0 atom stereocenters. The summed E-state index contributed by atoms with van der Waals surface area (Å²) in [6.07, 6.45) is 2.58. The fourth-order valence-corrected chi connectivity index (χ4v) is 2.17. The summed E-state index contributed by atoms with van der Waals surface area (Å²) in [5.74, 6) is -0.789. The van der Waals surface area contributed by atoms with Crippen molar-refractivity contribution in [3.05, 3.63) is 52.3 Å². The molecule has 0 aliphatic rings. The molecule has 9 nitrogen and oxygen atoms in total. The first-order chi connectivity index (χ1) is 12.1. The number of anilines is 1. The van der Waals surface area contributed by atoms with Crippen molar-refractivity contribution in [1.82, 2.24) is 4.57 Å². The van der Waals surface area contributed by atoms with Crippen molar-refractivity contribution in [3.8, 4) is 5.69 Å². The average molecular weight is 361 g/mol. The Kier molecular flexibility index (Phi) is 5.30. The molecule has 0 spiro atoms. The number of esters is 1. The van der Waals surface area contributed by atoms with Crippen molar-refractivity contribution < 1.29 is 24.0 Å². The lowest BCUT2D eigenvalue weighted by atomic mass is 10.1. The number of benzene rings is 1.